The second kappa shape index (κ2) is 5.16. The van der Waals surface area contributed by atoms with Crippen molar-refractivity contribution in [1.82, 2.24) is 4.57 Å². The van der Waals surface area contributed by atoms with Crippen molar-refractivity contribution in [2.24, 2.45) is 7.05 Å². The van der Waals surface area contributed by atoms with Crippen LogP contribution in [0.1, 0.15) is 10.4 Å². The zero-order valence-electron chi connectivity index (χ0n) is 9.90. The van der Waals surface area contributed by atoms with Gasteiger partial charge in [0.25, 0.3) is 0 Å². The predicted molar refractivity (Wildman–Crippen MR) is 64.7 cm³/mol. The molecule has 0 atom stereocenters. The zero-order valence-corrected chi connectivity index (χ0v) is 9.90. The van der Waals surface area contributed by atoms with Crippen LogP contribution in [0.4, 0.5) is 8.78 Å². The van der Waals surface area contributed by atoms with Gasteiger partial charge in [0.2, 0.25) is 0 Å². The van der Waals surface area contributed by atoms with Gasteiger partial charge in [0.05, 0.1) is 0 Å². The lowest BCUT2D eigenvalue weighted by Crippen LogP contribution is -2.21. The second-order valence-corrected chi connectivity index (χ2v) is 4.04. The molecule has 5 heteroatoms. The van der Waals surface area contributed by atoms with E-state index in [0.29, 0.717) is 16.7 Å². The Hall–Kier alpha value is -1.91. The first-order chi connectivity index (χ1) is 8.69. The third kappa shape index (κ3) is 2.20. The molecule has 0 unspecified atom stereocenters. The lowest BCUT2D eigenvalue weighted by atomic mass is 10.2. The van der Waals surface area contributed by atoms with Crippen LogP contribution in [0.15, 0.2) is 24.4 Å². The first-order valence-corrected chi connectivity index (χ1v) is 5.52. The minimum Gasteiger partial charge on any atom is -0.485 e. The van der Waals surface area contributed by atoms with Crippen LogP contribution in [0.25, 0.3) is 10.9 Å². The summed E-state index contributed by atoms with van der Waals surface area (Å²) in [6.45, 7) is -1.77. The number of benzene rings is 1. The third-order valence-electron chi connectivity index (χ3n) is 2.77. The van der Waals surface area contributed by atoms with Crippen LogP contribution >= 0.6 is 0 Å². The highest BCUT2D eigenvalue weighted by Gasteiger charge is 2.12. The van der Waals surface area contributed by atoms with Crippen molar-refractivity contribution in [3.63, 3.8) is 0 Å². The summed E-state index contributed by atoms with van der Waals surface area (Å²) in [6.07, 6.45) is 1.35. The van der Waals surface area contributed by atoms with E-state index in [4.69, 9.17) is 4.74 Å². The fourth-order valence-electron chi connectivity index (χ4n) is 1.87. The number of fused-ring (bicyclic) bond motifs is 1. The fraction of sp³-hybridized carbons (Fsp3) is 0.308. The highest BCUT2D eigenvalue weighted by molar-refractivity contribution is 5.98. The molecular formula is C13H13F2NO2. The van der Waals surface area contributed by atoms with Crippen molar-refractivity contribution < 1.29 is 18.3 Å². The molecule has 0 fully saturated rings. The summed E-state index contributed by atoms with van der Waals surface area (Å²) in [5.74, 6) is 0.358. The quantitative estimate of drug-likeness (QED) is 0.767. The summed E-state index contributed by atoms with van der Waals surface area (Å²) in [6, 6.07) is 5.01. The second-order valence-electron chi connectivity index (χ2n) is 4.04. The molecule has 0 aliphatic heterocycles. The average Bonchev–Trinajstić information content (AvgIpc) is 2.72. The van der Waals surface area contributed by atoms with E-state index in [-0.39, 0.29) is 0 Å². The van der Waals surface area contributed by atoms with E-state index in [1.165, 1.54) is 0 Å². The van der Waals surface area contributed by atoms with Gasteiger partial charge in [-0.15, -0.1) is 0 Å². The van der Waals surface area contributed by atoms with Gasteiger partial charge < -0.3 is 9.30 Å². The maximum Gasteiger partial charge on any atom is 0.155 e. The Morgan fingerprint density at radius 3 is 2.72 bits per heavy atom. The number of aldehydes is 1. The number of carbonyl (C=O) groups is 1. The molecule has 0 saturated heterocycles. The van der Waals surface area contributed by atoms with Crippen LogP contribution in [-0.4, -0.2) is 30.3 Å². The molecule has 0 N–H and O–H groups in total. The zero-order chi connectivity index (χ0) is 13.1. The number of alkyl halides is 2. The lowest BCUT2D eigenvalue weighted by Gasteiger charge is -2.12. The van der Waals surface area contributed by atoms with Crippen LogP contribution in [0, 0.1) is 0 Å². The molecule has 0 saturated carbocycles. The van der Waals surface area contributed by atoms with E-state index in [1.807, 2.05) is 11.6 Å². The number of aromatic nitrogens is 1. The van der Waals surface area contributed by atoms with E-state index in [0.717, 1.165) is 11.8 Å². The molecule has 0 amide bonds. The fourth-order valence-corrected chi connectivity index (χ4v) is 1.87. The summed E-state index contributed by atoms with van der Waals surface area (Å²) >= 11 is 0. The van der Waals surface area contributed by atoms with Crippen molar-refractivity contribution in [2.45, 2.75) is 6.10 Å². The molecular weight excluding hydrogens is 240 g/mol. The number of hydrogen-bond donors (Lipinski definition) is 0. The van der Waals surface area contributed by atoms with E-state index >= 15 is 0 Å². The molecule has 0 radical (unpaired) electrons. The standard InChI is InChI=1S/C13H13F2NO2/c1-16-7-9(8-17)12-4-10(2-3-13(12)16)18-11(5-14)6-15/h2-4,7-8,11H,5-6H2,1H3. The summed E-state index contributed by atoms with van der Waals surface area (Å²) < 4.78 is 31.7. The van der Waals surface area contributed by atoms with Gasteiger partial charge in [0, 0.05) is 29.7 Å². The first-order valence-electron chi connectivity index (χ1n) is 5.52. The smallest absolute Gasteiger partial charge is 0.155 e. The van der Waals surface area contributed by atoms with E-state index in [2.05, 4.69) is 0 Å². The maximum atomic E-state index is 12.4. The van der Waals surface area contributed by atoms with E-state index in [1.54, 1.807) is 24.4 Å². The van der Waals surface area contributed by atoms with Crippen molar-refractivity contribution >= 4 is 17.2 Å². The van der Waals surface area contributed by atoms with Gasteiger partial charge in [-0.05, 0) is 18.2 Å². The third-order valence-corrected chi connectivity index (χ3v) is 2.77. The number of halogens is 2. The van der Waals surface area contributed by atoms with Gasteiger partial charge in [-0.2, -0.15) is 0 Å². The maximum absolute atomic E-state index is 12.4. The molecule has 2 rings (SSSR count). The molecule has 0 spiro atoms. The van der Waals surface area contributed by atoms with E-state index in [9.17, 15) is 13.6 Å². The monoisotopic (exact) mass is 253 g/mol. The summed E-state index contributed by atoms with van der Waals surface area (Å²) in [5, 5.41) is 0.710. The Kier molecular flexibility index (Phi) is 3.60. The molecule has 3 nitrogen and oxygen atoms in total. The molecule has 1 heterocycles. The highest BCUT2D eigenvalue weighted by Crippen LogP contribution is 2.25. The molecule has 0 aliphatic carbocycles. The molecule has 0 bridgehead atoms. The van der Waals surface area contributed by atoms with Crippen molar-refractivity contribution in [3.05, 3.63) is 30.0 Å². The largest absolute Gasteiger partial charge is 0.485 e. The van der Waals surface area contributed by atoms with Gasteiger partial charge in [-0.25, -0.2) is 8.78 Å². The number of ether oxygens (including phenoxy) is 1. The lowest BCUT2D eigenvalue weighted by molar-refractivity contribution is 0.112. The average molecular weight is 253 g/mol. The highest BCUT2D eigenvalue weighted by atomic mass is 19.1. The Bertz CT molecular complexity index is 561. The minimum atomic E-state index is -1.09. The number of rotatable bonds is 5. The topological polar surface area (TPSA) is 31.2 Å². The van der Waals surface area contributed by atoms with Crippen LogP contribution < -0.4 is 4.74 Å². The minimum absolute atomic E-state index is 0.358. The van der Waals surface area contributed by atoms with Crippen molar-refractivity contribution in [1.29, 1.82) is 0 Å². The summed E-state index contributed by atoms with van der Waals surface area (Å²) in [7, 11) is 1.82. The van der Waals surface area contributed by atoms with E-state index < -0.39 is 19.5 Å². The number of nitrogens with zero attached hydrogens (tertiary/aromatic N) is 1. The SMILES string of the molecule is Cn1cc(C=O)c2cc(OC(CF)CF)ccc21. The van der Waals surface area contributed by atoms with Crippen LogP contribution in [0.3, 0.4) is 0 Å². The van der Waals surface area contributed by atoms with Crippen molar-refractivity contribution in [2.75, 3.05) is 13.3 Å². The molecule has 0 aliphatic rings. The molecule has 1 aromatic carbocycles. The van der Waals surface area contributed by atoms with Crippen LogP contribution in [0.5, 0.6) is 5.75 Å². The Morgan fingerprint density at radius 1 is 1.39 bits per heavy atom. The van der Waals surface area contributed by atoms with Gasteiger partial charge in [-0.1, -0.05) is 0 Å². The number of aryl methyl sites for hydroxylation is 1. The van der Waals surface area contributed by atoms with Gasteiger partial charge >= 0.3 is 0 Å². The van der Waals surface area contributed by atoms with Gasteiger partial charge in [-0.3, -0.25) is 4.79 Å². The first kappa shape index (κ1) is 12.5. The molecule has 18 heavy (non-hydrogen) atoms. The molecule has 2 aromatic rings. The van der Waals surface area contributed by atoms with Crippen molar-refractivity contribution in [3.8, 4) is 5.75 Å². The number of hydrogen-bond acceptors (Lipinski definition) is 2. The Morgan fingerprint density at radius 2 is 2.11 bits per heavy atom. The summed E-state index contributed by atoms with van der Waals surface area (Å²) in [4.78, 5) is 10.9. The van der Waals surface area contributed by atoms with Gasteiger partial charge in [0.1, 0.15) is 19.1 Å². The summed E-state index contributed by atoms with van der Waals surface area (Å²) in [5.41, 5.74) is 1.39. The Balaban J connectivity index is 2.39. The van der Waals surface area contributed by atoms with Crippen LogP contribution in [0.2, 0.25) is 0 Å². The predicted octanol–water partition coefficient (Wildman–Crippen LogP) is 2.68. The molecule has 1 aromatic heterocycles. The number of carbonyl (C=O) groups excluding carboxylic acids is 1. The Labute approximate surface area is 103 Å². The normalized spacial score (nSPS) is 11.1. The van der Waals surface area contributed by atoms with Gasteiger partial charge in [0.15, 0.2) is 12.4 Å². The van der Waals surface area contributed by atoms with Crippen LogP contribution in [-0.2, 0) is 7.05 Å². The molecule has 96 valence electrons.